The molecule has 1 spiro atoms. The molecule has 0 aromatic rings. The third-order valence-electron chi connectivity index (χ3n) is 2.75. The van der Waals surface area contributed by atoms with Crippen molar-refractivity contribution in [3.05, 3.63) is 0 Å². The summed E-state index contributed by atoms with van der Waals surface area (Å²) in [6.45, 7) is 1.61. The monoisotopic (exact) mass is 246 g/mol. The fraction of sp³-hybridized carbons (Fsp3) is 1.00. The first kappa shape index (κ1) is 12.0. The second kappa shape index (κ2) is 2.87. The van der Waals surface area contributed by atoms with E-state index in [1.54, 1.807) is 0 Å². The molecule has 1 saturated heterocycles. The van der Waals surface area contributed by atoms with Crippen LogP contribution in [0.4, 0.5) is 22.0 Å². The minimum absolute atomic E-state index is 0.500. The smallest absolute Gasteiger partial charge is 0.306 e. The fourth-order valence-electron chi connectivity index (χ4n) is 1.84. The first-order valence-corrected chi connectivity index (χ1v) is 4.82. The van der Waals surface area contributed by atoms with E-state index in [9.17, 15) is 22.0 Å². The third-order valence-corrected chi connectivity index (χ3v) is 2.75. The summed E-state index contributed by atoms with van der Waals surface area (Å²) in [6, 6.07) is 0. The lowest BCUT2D eigenvalue weighted by Crippen LogP contribution is -2.38. The van der Waals surface area contributed by atoms with Gasteiger partial charge in [-0.2, -0.15) is 0 Å². The number of hydrogen-bond acceptors (Lipinski definition) is 2. The summed E-state index contributed by atoms with van der Waals surface area (Å²) in [4.78, 5) is 0. The van der Waals surface area contributed by atoms with Gasteiger partial charge in [0.15, 0.2) is 0 Å². The van der Waals surface area contributed by atoms with Gasteiger partial charge >= 0.3 is 5.92 Å². The maximum Gasteiger partial charge on any atom is 0.306 e. The largest absolute Gasteiger partial charge is 0.336 e. The maximum atomic E-state index is 13.9. The number of ether oxygens (including phenoxy) is 2. The molecule has 0 aromatic heterocycles. The Morgan fingerprint density at radius 1 is 1.31 bits per heavy atom. The lowest BCUT2D eigenvalue weighted by Gasteiger charge is -2.24. The Morgan fingerprint density at radius 2 is 1.81 bits per heavy atom. The van der Waals surface area contributed by atoms with E-state index in [4.69, 9.17) is 0 Å². The lowest BCUT2D eigenvalue weighted by molar-refractivity contribution is -0.220. The van der Waals surface area contributed by atoms with Gasteiger partial charge in [-0.25, -0.2) is 22.0 Å². The molecule has 1 aliphatic heterocycles. The average Bonchev–Trinajstić information content (AvgIpc) is 2.35. The van der Waals surface area contributed by atoms with Crippen molar-refractivity contribution in [2.24, 2.45) is 0 Å². The summed E-state index contributed by atoms with van der Waals surface area (Å²) >= 11 is 0. The molecular formula is C9H11F5O2. The van der Waals surface area contributed by atoms with Crippen LogP contribution in [0.3, 0.4) is 0 Å². The molecule has 2 aliphatic rings. The van der Waals surface area contributed by atoms with E-state index in [-0.39, 0.29) is 0 Å². The van der Waals surface area contributed by atoms with Crippen molar-refractivity contribution in [1.29, 1.82) is 0 Å². The minimum Gasteiger partial charge on any atom is -0.336 e. The highest BCUT2D eigenvalue weighted by atomic mass is 19.3. The molecule has 3 atom stereocenters. The first-order valence-electron chi connectivity index (χ1n) is 4.82. The van der Waals surface area contributed by atoms with Crippen LogP contribution >= 0.6 is 0 Å². The highest BCUT2D eigenvalue weighted by Crippen LogP contribution is 2.63. The van der Waals surface area contributed by atoms with Crippen molar-refractivity contribution in [2.45, 2.75) is 56.3 Å². The molecule has 94 valence electrons. The van der Waals surface area contributed by atoms with Crippen LogP contribution < -0.4 is 0 Å². The van der Waals surface area contributed by atoms with E-state index >= 15 is 0 Å². The zero-order valence-electron chi connectivity index (χ0n) is 8.70. The average molecular weight is 246 g/mol. The van der Waals surface area contributed by atoms with Crippen LogP contribution in [0, 0.1) is 0 Å². The molecule has 3 unspecified atom stereocenters. The summed E-state index contributed by atoms with van der Waals surface area (Å²) in [6.07, 6.45) is -3.52. The molecule has 1 aliphatic carbocycles. The Bertz CT molecular complexity index is 316. The molecule has 0 radical (unpaired) electrons. The van der Waals surface area contributed by atoms with Crippen LogP contribution in [0.5, 0.6) is 0 Å². The SMILES string of the molecule is CC1OC2(CC2(F)F)OC1(F)CC(C)(F)F. The van der Waals surface area contributed by atoms with Gasteiger partial charge in [-0.15, -0.1) is 0 Å². The van der Waals surface area contributed by atoms with Crippen LogP contribution in [-0.2, 0) is 9.47 Å². The van der Waals surface area contributed by atoms with E-state index in [2.05, 4.69) is 9.47 Å². The highest BCUT2D eigenvalue weighted by molar-refractivity contribution is 5.12. The van der Waals surface area contributed by atoms with Crippen LogP contribution in [-0.4, -0.2) is 29.6 Å². The standard InChI is InChI=1S/C9H11F5O2/c1-5-7(12,3-6(2,10)11)16-9(15-5)4-8(9,13)14/h5H,3-4H2,1-2H3. The Kier molecular flexibility index (Phi) is 2.16. The zero-order valence-corrected chi connectivity index (χ0v) is 8.70. The molecule has 16 heavy (non-hydrogen) atoms. The van der Waals surface area contributed by atoms with Crippen molar-refractivity contribution in [1.82, 2.24) is 0 Å². The second-order valence-electron chi connectivity index (χ2n) is 4.53. The molecule has 0 N–H and O–H groups in total. The second-order valence-corrected chi connectivity index (χ2v) is 4.53. The summed E-state index contributed by atoms with van der Waals surface area (Å²) in [7, 11) is 0. The van der Waals surface area contributed by atoms with E-state index in [0.29, 0.717) is 6.92 Å². The summed E-state index contributed by atoms with van der Waals surface area (Å²) in [5.41, 5.74) is 0. The number of alkyl halides is 5. The van der Waals surface area contributed by atoms with Crippen LogP contribution in [0.2, 0.25) is 0 Å². The quantitative estimate of drug-likeness (QED) is 0.697. The normalized spacial score (nSPS) is 46.3. The molecular weight excluding hydrogens is 235 g/mol. The lowest BCUT2D eigenvalue weighted by atomic mass is 10.1. The fourth-order valence-corrected chi connectivity index (χ4v) is 1.84. The molecule has 7 heteroatoms. The van der Waals surface area contributed by atoms with Crippen LogP contribution in [0.25, 0.3) is 0 Å². The zero-order chi connectivity index (χ0) is 12.4. The Balaban J connectivity index is 2.14. The molecule has 0 amide bonds. The first-order chi connectivity index (χ1) is 7.00. The van der Waals surface area contributed by atoms with Gasteiger partial charge in [0.2, 0.25) is 11.6 Å². The van der Waals surface area contributed by atoms with Gasteiger partial charge in [0.05, 0.1) is 12.8 Å². The minimum atomic E-state index is -3.35. The van der Waals surface area contributed by atoms with Gasteiger partial charge in [0, 0.05) is 0 Å². The predicted octanol–water partition coefficient (Wildman–Crippen LogP) is 2.87. The molecule has 0 bridgehead atoms. The van der Waals surface area contributed by atoms with Gasteiger partial charge in [-0.1, -0.05) is 0 Å². The maximum absolute atomic E-state index is 13.9. The number of halogens is 5. The van der Waals surface area contributed by atoms with E-state index in [1.165, 1.54) is 0 Å². The van der Waals surface area contributed by atoms with Crippen molar-refractivity contribution >= 4 is 0 Å². The number of rotatable bonds is 2. The summed E-state index contributed by atoms with van der Waals surface area (Å²) in [5.74, 6) is -11.8. The molecule has 2 nitrogen and oxygen atoms in total. The van der Waals surface area contributed by atoms with Gasteiger partial charge in [-0.3, -0.25) is 0 Å². The molecule has 2 rings (SSSR count). The third kappa shape index (κ3) is 1.69. The summed E-state index contributed by atoms with van der Waals surface area (Å²) < 4.78 is 74.1. The number of hydrogen-bond donors (Lipinski definition) is 0. The van der Waals surface area contributed by atoms with Crippen LogP contribution in [0.1, 0.15) is 26.7 Å². The van der Waals surface area contributed by atoms with Crippen LogP contribution in [0.15, 0.2) is 0 Å². The summed E-state index contributed by atoms with van der Waals surface area (Å²) in [5, 5.41) is 0. The van der Waals surface area contributed by atoms with E-state index in [1.807, 2.05) is 0 Å². The van der Waals surface area contributed by atoms with Gasteiger partial charge in [-0.05, 0) is 13.8 Å². The molecule has 1 saturated carbocycles. The van der Waals surface area contributed by atoms with Crippen molar-refractivity contribution in [3.63, 3.8) is 0 Å². The van der Waals surface area contributed by atoms with Gasteiger partial charge in [0.25, 0.3) is 5.92 Å². The van der Waals surface area contributed by atoms with Crippen molar-refractivity contribution in [2.75, 3.05) is 0 Å². The van der Waals surface area contributed by atoms with E-state index < -0.39 is 42.4 Å². The Morgan fingerprint density at radius 3 is 2.12 bits per heavy atom. The van der Waals surface area contributed by atoms with Gasteiger partial charge < -0.3 is 9.47 Å². The highest BCUT2D eigenvalue weighted by Gasteiger charge is 2.82. The Hall–Kier alpha value is -0.430. The van der Waals surface area contributed by atoms with Crippen molar-refractivity contribution in [3.8, 4) is 0 Å². The van der Waals surface area contributed by atoms with E-state index in [0.717, 1.165) is 6.92 Å². The molecule has 2 fully saturated rings. The molecule has 1 heterocycles. The van der Waals surface area contributed by atoms with Gasteiger partial charge in [0.1, 0.15) is 6.10 Å². The topological polar surface area (TPSA) is 18.5 Å². The van der Waals surface area contributed by atoms with Crippen molar-refractivity contribution < 1.29 is 31.4 Å². The Labute approximate surface area is 88.7 Å². The molecule has 0 aromatic carbocycles. The predicted molar refractivity (Wildman–Crippen MR) is 43.0 cm³/mol.